The molecule has 5 N–H and O–H groups in total. The molecule has 0 aliphatic heterocycles. The molecule has 0 fully saturated rings. The Morgan fingerprint density at radius 2 is 0.307 bits per heavy atom. The van der Waals surface area contributed by atoms with E-state index in [9.17, 15) is 57.5 Å². The van der Waals surface area contributed by atoms with Gasteiger partial charge in [0.25, 0.3) is 0 Å². The molecule has 0 radical (unpaired) electrons. The maximum Gasteiger partial charge on any atom is 0.306 e. The highest BCUT2D eigenvalue weighted by atomic mass is 16.6. The van der Waals surface area contributed by atoms with Crippen LogP contribution in [0.5, 0.6) is 0 Å². The van der Waals surface area contributed by atoms with Crippen molar-refractivity contribution in [1.29, 1.82) is 0 Å². The van der Waals surface area contributed by atoms with Crippen molar-refractivity contribution in [3.05, 3.63) is 0 Å². The Labute approximate surface area is 604 Å². The van der Waals surface area contributed by atoms with Crippen LogP contribution in [-0.2, 0) is 100 Å². The van der Waals surface area contributed by atoms with Crippen LogP contribution in [0.25, 0.3) is 0 Å². The number of nitrogens with one attached hydrogen (secondary N) is 3. The molecule has 584 valence electrons. The minimum Gasteiger partial charge on any atom is -0.460 e. The van der Waals surface area contributed by atoms with Gasteiger partial charge in [-0.3, -0.25) is 57.5 Å². The average Bonchev–Trinajstić information content (AvgIpc) is 0.842. The number of carbonyl (C=O) groups excluding carboxylic acids is 12. The molecule has 0 rings (SSSR count). The van der Waals surface area contributed by atoms with E-state index in [1.54, 1.807) is 187 Å². The van der Waals surface area contributed by atoms with Gasteiger partial charge in [0.1, 0.15) is 50.4 Å². The highest BCUT2D eigenvalue weighted by Gasteiger charge is 2.41. The third-order valence-electron chi connectivity index (χ3n) is 14.8. The van der Waals surface area contributed by atoms with Crippen molar-refractivity contribution in [3.8, 4) is 0 Å². The fraction of sp³-hybridized carbons (Fsp3) is 0.842. The largest absolute Gasteiger partial charge is 0.460 e. The fourth-order valence-electron chi connectivity index (χ4n) is 10.8. The molecule has 0 atom stereocenters. The number of hydrogen-bond donors (Lipinski definition) is 4. The summed E-state index contributed by atoms with van der Waals surface area (Å²) in [5.41, 5.74) is -6.55. The molecule has 0 unspecified atom stereocenters. The number of nitrogens with two attached hydrogens (primary N) is 1. The smallest absolute Gasteiger partial charge is 0.306 e. The zero-order chi connectivity index (χ0) is 78.9. The molecule has 25 nitrogen and oxygen atoms in total. The van der Waals surface area contributed by atoms with E-state index in [0.717, 1.165) is 0 Å². The van der Waals surface area contributed by atoms with Gasteiger partial charge in [-0.2, -0.15) is 0 Å². The zero-order valence-corrected chi connectivity index (χ0v) is 67.1. The first-order chi connectivity index (χ1) is 45.2. The van der Waals surface area contributed by atoms with Crippen LogP contribution in [0.15, 0.2) is 0 Å². The summed E-state index contributed by atoms with van der Waals surface area (Å²) < 4.78 is 51.1. The van der Waals surface area contributed by atoms with Gasteiger partial charge in [-0.1, -0.05) is 0 Å². The van der Waals surface area contributed by atoms with Crippen LogP contribution < -0.4 is 21.7 Å². The summed E-state index contributed by atoms with van der Waals surface area (Å²) in [4.78, 5) is 166. The average molecular weight is 1440 g/mol. The molecule has 0 aromatic heterocycles. The molecule has 0 aromatic rings. The molecule has 0 bridgehead atoms. The van der Waals surface area contributed by atoms with E-state index in [4.69, 9.17) is 48.4 Å². The maximum absolute atomic E-state index is 15.0. The van der Waals surface area contributed by atoms with Crippen molar-refractivity contribution in [3.63, 3.8) is 0 Å². The molecule has 0 saturated carbocycles. The Kier molecular flexibility index (Phi) is 36.5. The molecular formula is C76H134N4O21. The summed E-state index contributed by atoms with van der Waals surface area (Å²) in [6.07, 6.45) is -5.17. The molecule has 3 amide bonds. The van der Waals surface area contributed by atoms with E-state index in [0.29, 0.717) is 0 Å². The standard InChI is InChI=1S/C76H134N4O21/c1-64(2,3)93-55(84)31-43-74(44-32-56(85)94-65(4,5)6,45-33-57(86)95-66(7,8)9)78-52(81)28-40-73(77,41-29-53(82)79-75(46-34-58(87)96-67(10,11)12,47-35-59(88)97-68(13,14)15)48-36-60(89)98-69(16,17)18)42-30-54(83)80-76(49-37-61(90)99-70(19,20)21,50-38-62(91)100-71(22,23)24)51-39-63(92)101-72(25,26)27/h28-51,77H2,1-27H3,(H,78,81)(H,79,82)(H,80,83). The zero-order valence-electron chi connectivity index (χ0n) is 67.1. The predicted molar refractivity (Wildman–Crippen MR) is 383 cm³/mol. The van der Waals surface area contributed by atoms with Crippen LogP contribution in [0.3, 0.4) is 0 Å². The Bertz CT molecular complexity index is 2230. The van der Waals surface area contributed by atoms with E-state index >= 15 is 0 Å². The number of ether oxygens (including phenoxy) is 9. The van der Waals surface area contributed by atoms with Gasteiger partial charge in [0, 0.05) is 99.2 Å². The minimum atomic E-state index is -1.61. The first kappa shape index (κ1) is 94.6. The summed E-state index contributed by atoms with van der Waals surface area (Å²) in [6, 6.07) is 0. The summed E-state index contributed by atoms with van der Waals surface area (Å²) >= 11 is 0. The van der Waals surface area contributed by atoms with Crippen molar-refractivity contribution in [2.24, 2.45) is 5.73 Å². The second-order valence-corrected chi connectivity index (χ2v) is 36.1. The third kappa shape index (κ3) is 49.8. The van der Waals surface area contributed by atoms with Gasteiger partial charge < -0.3 is 64.3 Å². The topological polar surface area (TPSA) is 350 Å². The second-order valence-electron chi connectivity index (χ2n) is 36.1. The summed E-state index contributed by atoms with van der Waals surface area (Å²) in [7, 11) is 0. The van der Waals surface area contributed by atoms with Crippen molar-refractivity contribution in [2.75, 3.05) is 0 Å². The van der Waals surface area contributed by atoms with Crippen LogP contribution >= 0.6 is 0 Å². The van der Waals surface area contributed by atoms with Gasteiger partial charge in [0.05, 0.1) is 0 Å². The second kappa shape index (κ2) is 38.9. The van der Waals surface area contributed by atoms with Crippen LogP contribution in [0.2, 0.25) is 0 Å². The van der Waals surface area contributed by atoms with Crippen LogP contribution in [0.4, 0.5) is 0 Å². The Hall–Kier alpha value is -6.40. The summed E-state index contributed by atoms with van der Waals surface area (Å²) in [5.74, 6) is -7.49. The normalized spacial score (nSPS) is 13.2. The van der Waals surface area contributed by atoms with Gasteiger partial charge >= 0.3 is 53.7 Å². The predicted octanol–water partition coefficient (Wildman–Crippen LogP) is 12.7. The molecule has 0 heterocycles. The Balaban J connectivity index is 8.47. The van der Waals surface area contributed by atoms with Gasteiger partial charge in [-0.05, 0) is 264 Å². The van der Waals surface area contributed by atoms with Crippen molar-refractivity contribution >= 4 is 71.4 Å². The lowest BCUT2D eigenvalue weighted by Gasteiger charge is -2.38. The lowest BCUT2D eigenvalue weighted by molar-refractivity contribution is -0.158. The molecule has 0 aliphatic carbocycles. The number of carbonyl (C=O) groups is 12. The highest BCUT2D eigenvalue weighted by Crippen LogP contribution is 2.34. The number of hydrogen-bond acceptors (Lipinski definition) is 22. The SMILES string of the molecule is CC(C)(C)OC(=O)CCC(CCC(=O)OC(C)(C)C)(CCC(=O)OC(C)(C)C)NC(=O)CCC(N)(CCC(=O)NC(CCC(=O)OC(C)(C)C)(CCC(=O)OC(C)(C)C)CCC(=O)OC(C)(C)C)CCC(=O)NC(CCC(=O)OC(C)(C)C)(CCC(=O)OC(C)(C)C)CCC(=O)OC(C)(C)C. The van der Waals surface area contributed by atoms with E-state index in [-0.39, 0.29) is 135 Å². The molecule has 101 heavy (non-hydrogen) atoms. The number of rotatable bonds is 39. The molecule has 0 aromatic carbocycles. The molecule has 0 aliphatic rings. The van der Waals surface area contributed by atoms with E-state index in [1.165, 1.54) is 0 Å². The van der Waals surface area contributed by atoms with E-state index < -0.39 is 163 Å². The Morgan fingerprint density at radius 1 is 0.198 bits per heavy atom. The quantitative estimate of drug-likeness (QED) is 0.0328. The highest BCUT2D eigenvalue weighted by molar-refractivity contribution is 5.81. The molecule has 0 saturated heterocycles. The van der Waals surface area contributed by atoms with Crippen molar-refractivity contribution in [1.82, 2.24) is 16.0 Å². The van der Waals surface area contributed by atoms with E-state index in [1.807, 2.05) is 0 Å². The van der Waals surface area contributed by atoms with Gasteiger partial charge in [0.15, 0.2) is 0 Å². The molecular weight excluding hydrogens is 1300 g/mol. The third-order valence-corrected chi connectivity index (χ3v) is 14.8. The monoisotopic (exact) mass is 1440 g/mol. The Morgan fingerprint density at radius 3 is 0.406 bits per heavy atom. The van der Waals surface area contributed by atoms with Gasteiger partial charge in [-0.15, -0.1) is 0 Å². The first-order valence-corrected chi connectivity index (χ1v) is 35.9. The fourth-order valence-corrected chi connectivity index (χ4v) is 10.8. The first-order valence-electron chi connectivity index (χ1n) is 35.9. The number of amides is 3. The maximum atomic E-state index is 15.0. The van der Waals surface area contributed by atoms with Crippen molar-refractivity contribution in [2.45, 2.75) is 414 Å². The summed E-state index contributed by atoms with van der Waals surface area (Å²) in [6.45, 7) is 45.8. The van der Waals surface area contributed by atoms with E-state index in [2.05, 4.69) is 16.0 Å². The van der Waals surface area contributed by atoms with Gasteiger partial charge in [-0.25, -0.2) is 0 Å². The van der Waals surface area contributed by atoms with Crippen molar-refractivity contribution < 1.29 is 100 Å². The number of esters is 9. The van der Waals surface area contributed by atoms with Crippen LogP contribution in [0, 0.1) is 0 Å². The lowest BCUT2D eigenvalue weighted by atomic mass is 9.81. The lowest BCUT2D eigenvalue weighted by Crippen LogP contribution is -2.52. The van der Waals surface area contributed by atoms with Crippen LogP contribution in [-0.4, -0.2) is 144 Å². The molecule has 25 heteroatoms. The van der Waals surface area contributed by atoms with Gasteiger partial charge in [0.2, 0.25) is 17.7 Å². The summed E-state index contributed by atoms with van der Waals surface area (Å²) in [5, 5.41) is 9.21. The van der Waals surface area contributed by atoms with Crippen LogP contribution in [0.1, 0.15) is 341 Å². The molecule has 0 spiro atoms. The minimum absolute atomic E-state index is 0.109.